The Morgan fingerprint density at radius 3 is 1.33 bits per heavy atom. The second kappa shape index (κ2) is 16.4. The number of unbranched alkanes of at least 4 members (excludes halogenated alkanes) is 5. The minimum absolute atomic E-state index is 0.873. The van der Waals surface area contributed by atoms with Crippen molar-refractivity contribution in [2.75, 3.05) is 26.4 Å². The fourth-order valence-corrected chi connectivity index (χ4v) is 1.63. The molecule has 0 aliphatic heterocycles. The number of ether oxygens (including phenoxy) is 2. The van der Waals surface area contributed by atoms with Crippen molar-refractivity contribution >= 4 is 0 Å². The third kappa shape index (κ3) is 15.4. The van der Waals surface area contributed by atoms with Crippen LogP contribution in [0.1, 0.15) is 51.4 Å². The number of hydrogen-bond acceptors (Lipinski definition) is 2. The molecule has 0 saturated carbocycles. The van der Waals surface area contributed by atoms with E-state index in [9.17, 15) is 0 Å². The van der Waals surface area contributed by atoms with Gasteiger partial charge < -0.3 is 9.47 Å². The van der Waals surface area contributed by atoms with Crippen LogP contribution < -0.4 is 0 Å². The molecule has 0 aromatic carbocycles. The minimum Gasteiger partial charge on any atom is -0.381 e. The molecule has 0 radical (unpaired) electrons. The van der Waals surface area contributed by atoms with E-state index in [1.165, 1.54) is 25.7 Å². The zero-order chi connectivity index (χ0) is 13.3. The van der Waals surface area contributed by atoms with Crippen molar-refractivity contribution in [3.8, 4) is 0 Å². The summed E-state index contributed by atoms with van der Waals surface area (Å²) in [4.78, 5) is 0. The molecule has 0 heterocycles. The van der Waals surface area contributed by atoms with Crippen LogP contribution in [0.2, 0.25) is 0 Å². The molecule has 0 atom stereocenters. The van der Waals surface area contributed by atoms with Crippen LogP contribution in [0.25, 0.3) is 0 Å². The van der Waals surface area contributed by atoms with Gasteiger partial charge in [0.25, 0.3) is 0 Å². The first-order chi connectivity index (χ1) is 8.91. The molecule has 0 aliphatic carbocycles. The molecule has 0 fully saturated rings. The van der Waals surface area contributed by atoms with Crippen LogP contribution in [0, 0.1) is 0 Å². The van der Waals surface area contributed by atoms with Gasteiger partial charge in [0.2, 0.25) is 0 Å². The Bertz CT molecular complexity index is 158. The first-order valence-electron chi connectivity index (χ1n) is 7.29. The Kier molecular flexibility index (Phi) is 15.9. The van der Waals surface area contributed by atoms with Gasteiger partial charge in [0, 0.05) is 26.4 Å². The highest BCUT2D eigenvalue weighted by Crippen LogP contribution is 2.02. The Morgan fingerprint density at radius 1 is 0.556 bits per heavy atom. The van der Waals surface area contributed by atoms with Gasteiger partial charge in [0.15, 0.2) is 0 Å². The van der Waals surface area contributed by atoms with Gasteiger partial charge in [-0.3, -0.25) is 0 Å². The van der Waals surface area contributed by atoms with Crippen LogP contribution in [0.15, 0.2) is 25.3 Å². The van der Waals surface area contributed by atoms with Crippen molar-refractivity contribution in [3.05, 3.63) is 25.3 Å². The zero-order valence-corrected chi connectivity index (χ0v) is 11.9. The predicted octanol–water partition coefficient (Wildman–Crippen LogP) is 4.51. The highest BCUT2D eigenvalue weighted by Gasteiger charge is 1.92. The average molecular weight is 254 g/mol. The maximum absolute atomic E-state index is 5.52. The van der Waals surface area contributed by atoms with Crippen LogP contribution >= 0.6 is 0 Å². The van der Waals surface area contributed by atoms with Gasteiger partial charge in [-0.2, -0.15) is 0 Å². The first kappa shape index (κ1) is 17.4. The predicted molar refractivity (Wildman–Crippen MR) is 79.0 cm³/mol. The van der Waals surface area contributed by atoms with E-state index in [0.29, 0.717) is 0 Å². The zero-order valence-electron chi connectivity index (χ0n) is 11.9. The monoisotopic (exact) mass is 254 g/mol. The van der Waals surface area contributed by atoms with Crippen molar-refractivity contribution in [3.63, 3.8) is 0 Å². The summed E-state index contributed by atoms with van der Waals surface area (Å²) >= 11 is 0. The Morgan fingerprint density at radius 2 is 0.944 bits per heavy atom. The molecular formula is C16H30O2. The van der Waals surface area contributed by atoms with E-state index in [1.54, 1.807) is 0 Å². The van der Waals surface area contributed by atoms with E-state index in [-0.39, 0.29) is 0 Å². The molecule has 0 aromatic rings. The van der Waals surface area contributed by atoms with Gasteiger partial charge in [0.1, 0.15) is 0 Å². The smallest absolute Gasteiger partial charge is 0.0468 e. The second-order valence-corrected chi connectivity index (χ2v) is 4.50. The van der Waals surface area contributed by atoms with Crippen LogP contribution in [0.3, 0.4) is 0 Å². The first-order valence-corrected chi connectivity index (χ1v) is 7.29. The van der Waals surface area contributed by atoms with Crippen molar-refractivity contribution in [2.45, 2.75) is 51.4 Å². The van der Waals surface area contributed by atoms with Crippen molar-refractivity contribution in [2.24, 2.45) is 0 Å². The SMILES string of the molecule is C=CCCCOCCCCCCOCCCC=C. The fraction of sp³-hybridized carbons (Fsp3) is 0.750. The van der Waals surface area contributed by atoms with E-state index in [1.807, 2.05) is 12.2 Å². The maximum atomic E-state index is 5.52. The van der Waals surface area contributed by atoms with Crippen LogP contribution in [0.5, 0.6) is 0 Å². The van der Waals surface area contributed by atoms with Gasteiger partial charge in [0.05, 0.1) is 0 Å². The third-order valence-corrected chi connectivity index (χ3v) is 2.72. The average Bonchev–Trinajstić information content (AvgIpc) is 2.39. The largest absolute Gasteiger partial charge is 0.381 e. The van der Waals surface area contributed by atoms with Gasteiger partial charge in [-0.05, 0) is 38.5 Å². The summed E-state index contributed by atoms with van der Waals surface area (Å²) in [6.07, 6.45) is 13.0. The summed E-state index contributed by atoms with van der Waals surface area (Å²) in [7, 11) is 0. The standard InChI is InChI=1S/C16H30O2/c1-3-5-9-13-17-15-11-7-8-12-16-18-14-10-6-4-2/h3-4H,1-2,5-16H2. The second-order valence-electron chi connectivity index (χ2n) is 4.50. The molecule has 18 heavy (non-hydrogen) atoms. The molecule has 0 amide bonds. The molecule has 0 unspecified atom stereocenters. The summed E-state index contributed by atoms with van der Waals surface area (Å²) < 4.78 is 11.0. The lowest BCUT2D eigenvalue weighted by Gasteiger charge is -2.04. The van der Waals surface area contributed by atoms with E-state index in [2.05, 4.69) is 13.2 Å². The number of allylic oxidation sites excluding steroid dienone is 2. The van der Waals surface area contributed by atoms with Gasteiger partial charge in [-0.25, -0.2) is 0 Å². The molecule has 106 valence electrons. The third-order valence-electron chi connectivity index (χ3n) is 2.72. The highest BCUT2D eigenvalue weighted by molar-refractivity contribution is 4.65. The van der Waals surface area contributed by atoms with Gasteiger partial charge in [-0.15, -0.1) is 13.2 Å². The fourth-order valence-electron chi connectivity index (χ4n) is 1.63. The van der Waals surface area contributed by atoms with E-state index in [0.717, 1.165) is 52.1 Å². The van der Waals surface area contributed by atoms with Crippen molar-refractivity contribution in [1.29, 1.82) is 0 Å². The van der Waals surface area contributed by atoms with Crippen molar-refractivity contribution in [1.82, 2.24) is 0 Å². The Hall–Kier alpha value is -0.600. The summed E-state index contributed by atoms with van der Waals surface area (Å²) in [6, 6.07) is 0. The molecule has 2 nitrogen and oxygen atoms in total. The summed E-state index contributed by atoms with van der Waals surface area (Å²) in [6.45, 7) is 10.9. The van der Waals surface area contributed by atoms with E-state index in [4.69, 9.17) is 9.47 Å². The van der Waals surface area contributed by atoms with Gasteiger partial charge in [-0.1, -0.05) is 25.0 Å². The summed E-state index contributed by atoms with van der Waals surface area (Å²) in [5.74, 6) is 0. The number of rotatable bonds is 15. The minimum atomic E-state index is 0.873. The lowest BCUT2D eigenvalue weighted by atomic mass is 10.2. The molecular weight excluding hydrogens is 224 g/mol. The highest BCUT2D eigenvalue weighted by atomic mass is 16.5. The lowest BCUT2D eigenvalue weighted by molar-refractivity contribution is 0.119. The Labute approximate surface area is 113 Å². The molecule has 0 aromatic heterocycles. The van der Waals surface area contributed by atoms with E-state index < -0.39 is 0 Å². The molecule has 0 aliphatic rings. The molecule has 0 N–H and O–H groups in total. The number of hydrogen-bond donors (Lipinski definition) is 0. The van der Waals surface area contributed by atoms with Crippen molar-refractivity contribution < 1.29 is 9.47 Å². The summed E-state index contributed by atoms with van der Waals surface area (Å²) in [5, 5.41) is 0. The topological polar surface area (TPSA) is 18.5 Å². The maximum Gasteiger partial charge on any atom is 0.0468 e. The quantitative estimate of drug-likeness (QED) is 0.316. The molecule has 0 bridgehead atoms. The van der Waals surface area contributed by atoms with Crippen LogP contribution in [-0.4, -0.2) is 26.4 Å². The van der Waals surface area contributed by atoms with Crippen LogP contribution in [0.4, 0.5) is 0 Å². The molecule has 0 spiro atoms. The molecule has 2 heteroatoms. The Balaban J connectivity index is 2.90. The van der Waals surface area contributed by atoms with Gasteiger partial charge >= 0.3 is 0 Å². The summed E-state index contributed by atoms with van der Waals surface area (Å²) in [5.41, 5.74) is 0. The van der Waals surface area contributed by atoms with E-state index >= 15 is 0 Å². The lowest BCUT2D eigenvalue weighted by Crippen LogP contribution is -1.98. The molecule has 0 rings (SSSR count). The molecule has 0 saturated heterocycles. The normalized spacial score (nSPS) is 10.4. The van der Waals surface area contributed by atoms with Crippen LogP contribution in [-0.2, 0) is 9.47 Å².